The molecule has 0 bridgehead atoms. The predicted octanol–water partition coefficient (Wildman–Crippen LogP) is 1.97. The van der Waals surface area contributed by atoms with Crippen LogP contribution in [0, 0.1) is 0 Å². The highest BCUT2D eigenvalue weighted by Gasteiger charge is 2.02. The van der Waals surface area contributed by atoms with Crippen molar-refractivity contribution in [2.75, 3.05) is 6.54 Å². The smallest absolute Gasteiger partial charge is 0.125 e. The molecule has 1 aromatic carbocycles. The Hall–Kier alpha value is -1.31. The number of hydrogen-bond acceptors (Lipinski definition) is 1. The molecule has 0 atom stereocenters. The van der Waals surface area contributed by atoms with E-state index >= 15 is 0 Å². The molecule has 0 heterocycles. The molecule has 0 unspecified atom stereocenters. The van der Waals surface area contributed by atoms with Crippen LogP contribution in [0.5, 0.6) is 0 Å². The molecule has 0 saturated heterocycles. The van der Waals surface area contributed by atoms with E-state index in [2.05, 4.69) is 18.0 Å². The molecule has 0 spiro atoms. The molecular formula is C11H16N2. The topological polar surface area (TPSA) is 38.4 Å². The van der Waals surface area contributed by atoms with Crippen LogP contribution in [0.15, 0.2) is 29.3 Å². The summed E-state index contributed by atoms with van der Waals surface area (Å²) >= 11 is 0. The summed E-state index contributed by atoms with van der Waals surface area (Å²) in [6, 6.07) is 8.13. The molecule has 0 aliphatic heterocycles. The molecule has 0 aliphatic rings. The second-order valence-electron chi connectivity index (χ2n) is 2.87. The van der Waals surface area contributed by atoms with Crippen molar-refractivity contribution < 1.29 is 0 Å². The summed E-state index contributed by atoms with van der Waals surface area (Å²) in [5, 5.41) is 0. The van der Waals surface area contributed by atoms with Crippen molar-refractivity contribution in [3.63, 3.8) is 0 Å². The van der Waals surface area contributed by atoms with Crippen LogP contribution in [-0.4, -0.2) is 12.4 Å². The fourth-order valence-corrected chi connectivity index (χ4v) is 1.33. The van der Waals surface area contributed by atoms with Crippen molar-refractivity contribution in [2.45, 2.75) is 20.3 Å². The van der Waals surface area contributed by atoms with Gasteiger partial charge < -0.3 is 5.73 Å². The minimum absolute atomic E-state index is 0.653. The lowest BCUT2D eigenvalue weighted by Gasteiger charge is -2.05. The van der Waals surface area contributed by atoms with Gasteiger partial charge in [-0.3, -0.25) is 4.99 Å². The van der Waals surface area contributed by atoms with Crippen molar-refractivity contribution in [3.8, 4) is 0 Å². The normalized spacial score (nSPS) is 11.7. The Labute approximate surface area is 79.5 Å². The van der Waals surface area contributed by atoms with Crippen molar-refractivity contribution in [1.82, 2.24) is 0 Å². The minimum Gasteiger partial charge on any atom is -0.383 e. The van der Waals surface area contributed by atoms with E-state index in [4.69, 9.17) is 5.73 Å². The van der Waals surface area contributed by atoms with Crippen LogP contribution in [0.3, 0.4) is 0 Å². The van der Waals surface area contributed by atoms with Gasteiger partial charge in [0.05, 0.1) is 0 Å². The first-order chi connectivity index (χ1) is 6.29. The number of benzene rings is 1. The van der Waals surface area contributed by atoms with Crippen LogP contribution < -0.4 is 5.73 Å². The average Bonchev–Trinajstić information content (AvgIpc) is 2.18. The standard InChI is InChI=1S/C11H16N2/c1-3-9-7-5-6-8-10(9)11(12)13-4-2/h5-8H,3-4H2,1-2H3,(H2,12,13). The highest BCUT2D eigenvalue weighted by molar-refractivity contribution is 5.98. The van der Waals surface area contributed by atoms with E-state index < -0.39 is 0 Å². The molecule has 1 aromatic rings. The van der Waals surface area contributed by atoms with Crippen LogP contribution >= 0.6 is 0 Å². The lowest BCUT2D eigenvalue weighted by Crippen LogP contribution is -2.15. The van der Waals surface area contributed by atoms with E-state index in [0.29, 0.717) is 5.84 Å². The van der Waals surface area contributed by atoms with E-state index in [1.807, 2.05) is 25.1 Å². The number of aliphatic imine (C=N–C) groups is 1. The van der Waals surface area contributed by atoms with Gasteiger partial charge in [0.15, 0.2) is 0 Å². The van der Waals surface area contributed by atoms with Gasteiger partial charge in [-0.05, 0) is 18.9 Å². The first kappa shape index (κ1) is 9.78. The van der Waals surface area contributed by atoms with Crippen LogP contribution in [0.1, 0.15) is 25.0 Å². The fourth-order valence-electron chi connectivity index (χ4n) is 1.33. The Bertz CT molecular complexity index is 303. The zero-order valence-corrected chi connectivity index (χ0v) is 8.25. The van der Waals surface area contributed by atoms with E-state index in [0.717, 1.165) is 18.5 Å². The molecule has 70 valence electrons. The Morgan fingerprint density at radius 1 is 1.31 bits per heavy atom. The van der Waals surface area contributed by atoms with E-state index in [1.54, 1.807) is 0 Å². The summed E-state index contributed by atoms with van der Waals surface area (Å²) in [5.41, 5.74) is 8.17. The monoisotopic (exact) mass is 176 g/mol. The number of nitrogens with zero attached hydrogens (tertiary/aromatic N) is 1. The second kappa shape index (κ2) is 4.65. The number of rotatable bonds is 3. The lowest BCUT2D eigenvalue weighted by molar-refractivity contribution is 1.10. The van der Waals surface area contributed by atoms with Gasteiger partial charge in [0.2, 0.25) is 0 Å². The second-order valence-corrected chi connectivity index (χ2v) is 2.87. The lowest BCUT2D eigenvalue weighted by atomic mass is 10.0. The fraction of sp³-hybridized carbons (Fsp3) is 0.364. The summed E-state index contributed by atoms with van der Waals surface area (Å²) in [5.74, 6) is 0.653. The first-order valence-corrected chi connectivity index (χ1v) is 4.67. The van der Waals surface area contributed by atoms with E-state index in [9.17, 15) is 0 Å². The van der Waals surface area contributed by atoms with Crippen molar-refractivity contribution in [3.05, 3.63) is 35.4 Å². The molecular weight excluding hydrogens is 160 g/mol. The summed E-state index contributed by atoms with van der Waals surface area (Å²) in [4.78, 5) is 4.20. The molecule has 1 rings (SSSR count). The Morgan fingerprint density at radius 3 is 2.62 bits per heavy atom. The molecule has 2 nitrogen and oxygen atoms in total. The summed E-state index contributed by atoms with van der Waals surface area (Å²) < 4.78 is 0. The van der Waals surface area contributed by atoms with Gasteiger partial charge in [0.25, 0.3) is 0 Å². The Balaban J connectivity index is 3.05. The maximum Gasteiger partial charge on any atom is 0.125 e. The minimum atomic E-state index is 0.653. The number of aryl methyl sites for hydroxylation is 1. The molecule has 0 radical (unpaired) electrons. The quantitative estimate of drug-likeness (QED) is 0.555. The molecule has 0 aromatic heterocycles. The van der Waals surface area contributed by atoms with Gasteiger partial charge in [0.1, 0.15) is 5.84 Å². The van der Waals surface area contributed by atoms with Crippen LogP contribution in [-0.2, 0) is 6.42 Å². The zero-order chi connectivity index (χ0) is 9.68. The molecule has 13 heavy (non-hydrogen) atoms. The Kier molecular flexibility index (Phi) is 3.50. The van der Waals surface area contributed by atoms with Gasteiger partial charge >= 0.3 is 0 Å². The largest absolute Gasteiger partial charge is 0.383 e. The number of amidine groups is 1. The third kappa shape index (κ3) is 2.31. The summed E-state index contributed by atoms with van der Waals surface area (Å²) in [6.07, 6.45) is 0.996. The number of hydrogen-bond donors (Lipinski definition) is 1. The molecule has 0 saturated carbocycles. The third-order valence-corrected chi connectivity index (χ3v) is 2.00. The van der Waals surface area contributed by atoms with Gasteiger partial charge in [-0.1, -0.05) is 31.2 Å². The third-order valence-electron chi connectivity index (χ3n) is 2.00. The highest BCUT2D eigenvalue weighted by Crippen LogP contribution is 2.08. The van der Waals surface area contributed by atoms with E-state index in [1.165, 1.54) is 5.56 Å². The Morgan fingerprint density at radius 2 is 2.00 bits per heavy atom. The van der Waals surface area contributed by atoms with E-state index in [-0.39, 0.29) is 0 Å². The molecule has 0 fully saturated rings. The SMILES string of the molecule is CCN=C(N)c1ccccc1CC. The summed E-state index contributed by atoms with van der Waals surface area (Å²) in [6.45, 7) is 4.85. The van der Waals surface area contributed by atoms with Crippen molar-refractivity contribution in [2.24, 2.45) is 10.7 Å². The molecule has 0 amide bonds. The van der Waals surface area contributed by atoms with Crippen LogP contribution in [0.2, 0.25) is 0 Å². The highest BCUT2D eigenvalue weighted by atomic mass is 14.8. The maximum absolute atomic E-state index is 5.83. The zero-order valence-electron chi connectivity index (χ0n) is 8.25. The van der Waals surface area contributed by atoms with Crippen molar-refractivity contribution in [1.29, 1.82) is 0 Å². The van der Waals surface area contributed by atoms with Gasteiger partial charge in [-0.15, -0.1) is 0 Å². The van der Waals surface area contributed by atoms with Crippen molar-refractivity contribution >= 4 is 5.84 Å². The van der Waals surface area contributed by atoms with Gasteiger partial charge in [-0.25, -0.2) is 0 Å². The molecule has 0 aliphatic carbocycles. The molecule has 2 heteroatoms. The van der Waals surface area contributed by atoms with Crippen LogP contribution in [0.4, 0.5) is 0 Å². The average molecular weight is 176 g/mol. The van der Waals surface area contributed by atoms with Gasteiger partial charge in [-0.2, -0.15) is 0 Å². The first-order valence-electron chi connectivity index (χ1n) is 4.67. The molecule has 2 N–H and O–H groups in total. The van der Waals surface area contributed by atoms with Gasteiger partial charge in [0, 0.05) is 12.1 Å². The number of nitrogens with two attached hydrogens (primary N) is 1. The van der Waals surface area contributed by atoms with Crippen LogP contribution in [0.25, 0.3) is 0 Å². The summed E-state index contributed by atoms with van der Waals surface area (Å²) in [7, 11) is 0. The predicted molar refractivity (Wildman–Crippen MR) is 57.1 cm³/mol. The maximum atomic E-state index is 5.83.